The van der Waals surface area contributed by atoms with E-state index < -0.39 is 6.10 Å². The number of rotatable bonds is 2. The molecule has 1 aliphatic rings. The molecule has 1 fully saturated rings. The SMILES string of the molecule is CC(=O)NC1CCC(CO)C(O)C1. The average molecular weight is 187 g/mol. The molecule has 13 heavy (non-hydrogen) atoms. The van der Waals surface area contributed by atoms with Crippen LogP contribution in [-0.4, -0.2) is 34.9 Å². The lowest BCUT2D eigenvalue weighted by atomic mass is 9.84. The van der Waals surface area contributed by atoms with Gasteiger partial charge in [-0.05, 0) is 19.3 Å². The van der Waals surface area contributed by atoms with Crippen LogP contribution in [0.15, 0.2) is 0 Å². The van der Waals surface area contributed by atoms with Crippen molar-refractivity contribution < 1.29 is 15.0 Å². The van der Waals surface area contributed by atoms with Gasteiger partial charge in [-0.2, -0.15) is 0 Å². The molecule has 0 spiro atoms. The standard InChI is InChI=1S/C9H17NO3/c1-6(12)10-8-3-2-7(5-11)9(13)4-8/h7-9,11,13H,2-5H2,1H3,(H,10,12). The summed E-state index contributed by atoms with van der Waals surface area (Å²) in [4.78, 5) is 10.7. The summed E-state index contributed by atoms with van der Waals surface area (Å²) in [5, 5.41) is 21.2. The predicted octanol–water partition coefficient (Wildman–Crippen LogP) is -0.356. The van der Waals surface area contributed by atoms with E-state index in [-0.39, 0.29) is 24.5 Å². The zero-order chi connectivity index (χ0) is 9.84. The minimum Gasteiger partial charge on any atom is -0.396 e. The van der Waals surface area contributed by atoms with Crippen molar-refractivity contribution in [2.24, 2.45) is 5.92 Å². The summed E-state index contributed by atoms with van der Waals surface area (Å²) in [5.74, 6) is -0.0651. The Kier molecular flexibility index (Phi) is 3.69. The van der Waals surface area contributed by atoms with Crippen LogP contribution in [0.1, 0.15) is 26.2 Å². The molecule has 1 rings (SSSR count). The fourth-order valence-electron chi connectivity index (χ4n) is 1.84. The molecule has 4 nitrogen and oxygen atoms in total. The Morgan fingerprint density at radius 1 is 1.54 bits per heavy atom. The Hall–Kier alpha value is -0.610. The van der Waals surface area contributed by atoms with Gasteiger partial charge in [0.15, 0.2) is 0 Å². The Morgan fingerprint density at radius 2 is 2.23 bits per heavy atom. The van der Waals surface area contributed by atoms with E-state index in [4.69, 9.17) is 5.11 Å². The van der Waals surface area contributed by atoms with Crippen molar-refractivity contribution in [1.29, 1.82) is 0 Å². The topological polar surface area (TPSA) is 69.6 Å². The van der Waals surface area contributed by atoms with E-state index in [0.717, 1.165) is 12.8 Å². The molecule has 0 aromatic rings. The van der Waals surface area contributed by atoms with Crippen molar-refractivity contribution in [1.82, 2.24) is 5.32 Å². The largest absolute Gasteiger partial charge is 0.396 e. The third kappa shape index (κ3) is 2.97. The summed E-state index contributed by atoms with van der Waals surface area (Å²) in [6, 6.07) is 0.0790. The zero-order valence-electron chi connectivity index (χ0n) is 7.86. The van der Waals surface area contributed by atoms with E-state index in [1.54, 1.807) is 0 Å². The number of hydrogen-bond acceptors (Lipinski definition) is 3. The highest BCUT2D eigenvalue weighted by atomic mass is 16.3. The third-order valence-electron chi connectivity index (χ3n) is 2.60. The summed E-state index contributed by atoms with van der Waals surface area (Å²) in [5.41, 5.74) is 0. The van der Waals surface area contributed by atoms with Crippen molar-refractivity contribution in [2.75, 3.05) is 6.61 Å². The second kappa shape index (κ2) is 4.58. The normalized spacial score (nSPS) is 34.2. The molecule has 0 radical (unpaired) electrons. The van der Waals surface area contributed by atoms with Gasteiger partial charge in [0.25, 0.3) is 0 Å². The minimum absolute atomic E-state index is 0.00925. The molecule has 3 atom stereocenters. The van der Waals surface area contributed by atoms with Crippen molar-refractivity contribution in [3.05, 3.63) is 0 Å². The summed E-state index contributed by atoms with van der Waals surface area (Å²) in [6.07, 6.45) is 1.71. The first kappa shape index (κ1) is 10.5. The molecule has 0 aromatic heterocycles. The number of aliphatic hydroxyl groups is 2. The second-order valence-corrected chi connectivity index (χ2v) is 3.72. The van der Waals surface area contributed by atoms with E-state index in [1.165, 1.54) is 6.92 Å². The van der Waals surface area contributed by atoms with Gasteiger partial charge in [-0.3, -0.25) is 4.79 Å². The number of hydrogen-bond donors (Lipinski definition) is 3. The number of carbonyl (C=O) groups excluding carboxylic acids is 1. The molecule has 0 aromatic carbocycles. The van der Waals surface area contributed by atoms with Crippen LogP contribution in [0.4, 0.5) is 0 Å². The Labute approximate surface area is 78.0 Å². The molecule has 3 N–H and O–H groups in total. The lowest BCUT2D eigenvalue weighted by molar-refractivity contribution is -0.120. The van der Waals surface area contributed by atoms with E-state index in [1.807, 2.05) is 0 Å². The average Bonchev–Trinajstić information content (AvgIpc) is 2.03. The molecule has 1 aliphatic carbocycles. The van der Waals surface area contributed by atoms with Crippen LogP contribution < -0.4 is 5.32 Å². The van der Waals surface area contributed by atoms with E-state index >= 15 is 0 Å². The van der Waals surface area contributed by atoms with Gasteiger partial charge >= 0.3 is 0 Å². The smallest absolute Gasteiger partial charge is 0.217 e. The molecule has 0 aliphatic heterocycles. The van der Waals surface area contributed by atoms with Gasteiger partial charge in [-0.25, -0.2) is 0 Å². The van der Waals surface area contributed by atoms with Crippen LogP contribution >= 0.6 is 0 Å². The minimum atomic E-state index is -0.476. The number of nitrogens with one attached hydrogen (secondary N) is 1. The molecule has 1 amide bonds. The van der Waals surface area contributed by atoms with Crippen molar-refractivity contribution in [2.45, 2.75) is 38.3 Å². The first-order valence-corrected chi connectivity index (χ1v) is 4.69. The number of carbonyl (C=O) groups is 1. The van der Waals surface area contributed by atoms with Crippen molar-refractivity contribution in [3.63, 3.8) is 0 Å². The molecule has 4 heteroatoms. The highest BCUT2D eigenvalue weighted by molar-refractivity contribution is 5.73. The number of aliphatic hydroxyl groups excluding tert-OH is 2. The first-order valence-electron chi connectivity index (χ1n) is 4.69. The molecular weight excluding hydrogens is 170 g/mol. The number of amides is 1. The van der Waals surface area contributed by atoms with Crippen LogP contribution in [-0.2, 0) is 4.79 Å². The quantitative estimate of drug-likeness (QED) is 0.553. The maximum absolute atomic E-state index is 10.7. The van der Waals surface area contributed by atoms with E-state index in [9.17, 15) is 9.90 Å². The van der Waals surface area contributed by atoms with E-state index in [2.05, 4.69) is 5.32 Å². The Morgan fingerprint density at radius 3 is 2.69 bits per heavy atom. The monoisotopic (exact) mass is 187 g/mol. The Balaban J connectivity index is 2.36. The summed E-state index contributed by atoms with van der Waals surface area (Å²) < 4.78 is 0. The predicted molar refractivity (Wildman–Crippen MR) is 48.0 cm³/mol. The molecule has 1 saturated carbocycles. The van der Waals surface area contributed by atoms with Gasteiger partial charge in [-0.15, -0.1) is 0 Å². The summed E-state index contributed by atoms with van der Waals surface area (Å²) in [6.45, 7) is 1.51. The lowest BCUT2D eigenvalue weighted by Gasteiger charge is -2.32. The van der Waals surface area contributed by atoms with Gasteiger partial charge in [0.05, 0.1) is 6.10 Å². The fourth-order valence-corrected chi connectivity index (χ4v) is 1.84. The molecule has 3 unspecified atom stereocenters. The molecule has 0 heterocycles. The van der Waals surface area contributed by atoms with Crippen LogP contribution in [0.25, 0.3) is 0 Å². The van der Waals surface area contributed by atoms with Gasteiger partial charge in [0.1, 0.15) is 0 Å². The second-order valence-electron chi connectivity index (χ2n) is 3.72. The maximum atomic E-state index is 10.7. The zero-order valence-corrected chi connectivity index (χ0v) is 7.86. The van der Waals surface area contributed by atoms with Crippen LogP contribution in [0.2, 0.25) is 0 Å². The van der Waals surface area contributed by atoms with Crippen LogP contribution in [0, 0.1) is 5.92 Å². The van der Waals surface area contributed by atoms with Gasteiger partial charge in [0, 0.05) is 25.5 Å². The lowest BCUT2D eigenvalue weighted by Crippen LogP contribution is -2.42. The maximum Gasteiger partial charge on any atom is 0.217 e. The van der Waals surface area contributed by atoms with E-state index in [0.29, 0.717) is 6.42 Å². The highest BCUT2D eigenvalue weighted by Gasteiger charge is 2.28. The van der Waals surface area contributed by atoms with Gasteiger partial charge in [0.2, 0.25) is 5.91 Å². The fraction of sp³-hybridized carbons (Fsp3) is 0.889. The van der Waals surface area contributed by atoms with Gasteiger partial charge in [-0.1, -0.05) is 0 Å². The van der Waals surface area contributed by atoms with Crippen molar-refractivity contribution >= 4 is 5.91 Å². The molecule has 0 bridgehead atoms. The summed E-state index contributed by atoms with van der Waals surface area (Å²) in [7, 11) is 0. The third-order valence-corrected chi connectivity index (χ3v) is 2.60. The van der Waals surface area contributed by atoms with Crippen molar-refractivity contribution in [3.8, 4) is 0 Å². The van der Waals surface area contributed by atoms with Crippen LogP contribution in [0.3, 0.4) is 0 Å². The molecule has 0 saturated heterocycles. The van der Waals surface area contributed by atoms with Crippen LogP contribution in [0.5, 0.6) is 0 Å². The van der Waals surface area contributed by atoms with Gasteiger partial charge < -0.3 is 15.5 Å². The Bertz CT molecular complexity index is 184. The molecular formula is C9H17NO3. The first-order chi connectivity index (χ1) is 6.13. The highest BCUT2D eigenvalue weighted by Crippen LogP contribution is 2.24. The summed E-state index contributed by atoms with van der Waals surface area (Å²) >= 11 is 0. The molecule has 76 valence electrons.